The molecule has 1 aromatic heterocycles. The fraction of sp³-hybridized carbons (Fsp3) is 0.273. The first-order valence-electron chi connectivity index (χ1n) is 10.1. The third kappa shape index (κ3) is 5.87. The van der Waals surface area contributed by atoms with Gasteiger partial charge >= 0.3 is 6.18 Å². The number of amides is 1. The molecule has 0 bridgehead atoms. The van der Waals surface area contributed by atoms with Gasteiger partial charge in [-0.1, -0.05) is 6.07 Å². The molecule has 0 unspecified atom stereocenters. The molecule has 35 heavy (non-hydrogen) atoms. The summed E-state index contributed by atoms with van der Waals surface area (Å²) < 4.78 is 56.1. The van der Waals surface area contributed by atoms with Gasteiger partial charge in [-0.05, 0) is 25.1 Å². The highest BCUT2D eigenvalue weighted by Crippen LogP contribution is 2.35. The molecule has 3 rings (SSSR count). The number of nitro benzene ring substituents is 1. The molecule has 0 radical (unpaired) electrons. The van der Waals surface area contributed by atoms with Crippen molar-refractivity contribution in [3.63, 3.8) is 0 Å². The Labute approximate surface area is 197 Å². The minimum Gasteiger partial charge on any atom is -0.493 e. The van der Waals surface area contributed by atoms with E-state index in [0.29, 0.717) is 5.69 Å². The summed E-state index contributed by atoms with van der Waals surface area (Å²) in [6.07, 6.45) is -4.58. The van der Waals surface area contributed by atoms with Crippen molar-refractivity contribution in [2.24, 2.45) is 0 Å². The summed E-state index contributed by atoms with van der Waals surface area (Å²) in [5, 5.41) is 18.3. The number of hydrogen-bond donors (Lipinski definition) is 1. The molecule has 13 heteroatoms. The van der Waals surface area contributed by atoms with E-state index in [4.69, 9.17) is 14.2 Å². The van der Waals surface area contributed by atoms with E-state index in [1.165, 1.54) is 32.4 Å². The molecular formula is C22H21F3N4O6. The fourth-order valence-corrected chi connectivity index (χ4v) is 3.17. The first kappa shape index (κ1) is 25.5. The topological polar surface area (TPSA) is 118 Å². The molecule has 186 valence electrons. The van der Waals surface area contributed by atoms with Gasteiger partial charge in [-0.3, -0.25) is 14.9 Å². The molecule has 0 saturated carbocycles. The number of nitrogens with one attached hydrogen (secondary N) is 1. The molecule has 0 atom stereocenters. The summed E-state index contributed by atoms with van der Waals surface area (Å²) >= 11 is 0. The van der Waals surface area contributed by atoms with Crippen LogP contribution >= 0.6 is 0 Å². The molecule has 1 heterocycles. The second kappa shape index (κ2) is 10.4. The Morgan fingerprint density at radius 1 is 1.14 bits per heavy atom. The molecule has 0 aliphatic heterocycles. The number of methoxy groups -OCH3 is 2. The van der Waals surface area contributed by atoms with Crippen LogP contribution in [0.2, 0.25) is 0 Å². The van der Waals surface area contributed by atoms with Gasteiger partial charge in [-0.15, -0.1) is 0 Å². The molecule has 0 aliphatic carbocycles. The van der Waals surface area contributed by atoms with Gasteiger partial charge in [0, 0.05) is 19.2 Å². The Kier molecular flexibility index (Phi) is 7.59. The Bertz CT molecular complexity index is 1240. The number of hydrogen-bond acceptors (Lipinski definition) is 7. The first-order chi connectivity index (χ1) is 16.5. The number of aromatic nitrogens is 2. The monoisotopic (exact) mass is 494 g/mol. The van der Waals surface area contributed by atoms with Crippen LogP contribution in [-0.4, -0.2) is 48.0 Å². The van der Waals surface area contributed by atoms with Crippen molar-refractivity contribution in [1.82, 2.24) is 9.78 Å². The predicted molar refractivity (Wildman–Crippen MR) is 118 cm³/mol. The van der Waals surface area contributed by atoms with E-state index in [2.05, 4.69) is 10.4 Å². The smallest absolute Gasteiger partial charge is 0.416 e. The quantitative estimate of drug-likeness (QED) is 0.266. The van der Waals surface area contributed by atoms with E-state index >= 15 is 0 Å². The Morgan fingerprint density at radius 2 is 1.89 bits per heavy atom. The maximum absolute atomic E-state index is 13.2. The zero-order chi connectivity index (χ0) is 25.8. The maximum Gasteiger partial charge on any atom is 0.416 e. The lowest BCUT2D eigenvalue weighted by Gasteiger charge is -2.14. The summed E-state index contributed by atoms with van der Waals surface area (Å²) in [5.74, 6) is -0.774. The molecule has 10 nitrogen and oxygen atoms in total. The Hall–Kier alpha value is -4.13. The van der Waals surface area contributed by atoms with Crippen molar-refractivity contribution in [3.8, 4) is 17.2 Å². The van der Waals surface area contributed by atoms with Gasteiger partial charge < -0.3 is 19.5 Å². The standard InChI is InChI=1S/C22H21F3N4O6/c1-13-9-20(28(27-13)15-6-4-5-14(10-15)22(23,24)25)26-21(30)16-11-18(34-3)19(35-8-7-33-2)12-17(16)29(31)32/h4-6,9-12H,7-8H2,1-3H3,(H,26,30). The van der Waals surface area contributed by atoms with Gasteiger partial charge in [0.15, 0.2) is 11.5 Å². The Morgan fingerprint density at radius 3 is 2.51 bits per heavy atom. The van der Waals surface area contributed by atoms with E-state index in [1.54, 1.807) is 6.92 Å². The number of aryl methyl sites for hydroxylation is 1. The number of rotatable bonds is 9. The van der Waals surface area contributed by atoms with Crippen LogP contribution in [0, 0.1) is 17.0 Å². The summed E-state index contributed by atoms with van der Waals surface area (Å²) in [7, 11) is 2.76. The number of benzene rings is 2. The van der Waals surface area contributed by atoms with E-state index in [0.717, 1.165) is 28.9 Å². The number of carbonyl (C=O) groups excluding carboxylic acids is 1. The highest BCUT2D eigenvalue weighted by Gasteiger charge is 2.31. The van der Waals surface area contributed by atoms with Crippen LogP contribution in [0.4, 0.5) is 24.7 Å². The van der Waals surface area contributed by atoms with Gasteiger partial charge in [0.1, 0.15) is 18.0 Å². The lowest BCUT2D eigenvalue weighted by Crippen LogP contribution is -2.17. The SMILES string of the molecule is COCCOc1cc([N+](=O)[O-])c(C(=O)Nc2cc(C)nn2-c2cccc(C(F)(F)F)c2)cc1OC. The van der Waals surface area contributed by atoms with Crippen molar-refractivity contribution < 1.29 is 37.1 Å². The highest BCUT2D eigenvalue weighted by molar-refractivity contribution is 6.07. The van der Waals surface area contributed by atoms with Crippen LogP contribution < -0.4 is 14.8 Å². The summed E-state index contributed by atoms with van der Waals surface area (Å²) in [5.41, 5.74) is -1.37. The third-order valence-electron chi connectivity index (χ3n) is 4.76. The van der Waals surface area contributed by atoms with Crippen LogP contribution in [0.3, 0.4) is 0 Å². The molecule has 0 aliphatic rings. The average molecular weight is 494 g/mol. The van der Waals surface area contributed by atoms with Gasteiger partial charge in [-0.25, -0.2) is 4.68 Å². The largest absolute Gasteiger partial charge is 0.493 e. The Balaban J connectivity index is 1.98. The second-order valence-corrected chi connectivity index (χ2v) is 7.20. The molecule has 1 N–H and O–H groups in total. The number of alkyl halides is 3. The van der Waals surface area contributed by atoms with Crippen LogP contribution in [0.15, 0.2) is 42.5 Å². The van der Waals surface area contributed by atoms with Crippen LogP contribution in [0.1, 0.15) is 21.6 Å². The minimum absolute atomic E-state index is 0.0144. The molecular weight excluding hydrogens is 473 g/mol. The van der Waals surface area contributed by atoms with Crippen molar-refractivity contribution in [2.75, 3.05) is 32.8 Å². The van der Waals surface area contributed by atoms with E-state index in [1.807, 2.05) is 0 Å². The van der Waals surface area contributed by atoms with Crippen LogP contribution in [0.25, 0.3) is 5.69 Å². The number of anilines is 1. The van der Waals surface area contributed by atoms with E-state index < -0.39 is 28.3 Å². The molecule has 1 amide bonds. The number of halogens is 3. The van der Waals surface area contributed by atoms with Gasteiger partial charge in [-0.2, -0.15) is 18.3 Å². The van der Waals surface area contributed by atoms with Gasteiger partial charge in [0.2, 0.25) is 0 Å². The van der Waals surface area contributed by atoms with Crippen LogP contribution in [-0.2, 0) is 10.9 Å². The maximum atomic E-state index is 13.2. The zero-order valence-electron chi connectivity index (χ0n) is 18.9. The zero-order valence-corrected chi connectivity index (χ0v) is 18.9. The minimum atomic E-state index is -4.58. The number of carbonyl (C=O) groups is 1. The first-order valence-corrected chi connectivity index (χ1v) is 10.1. The summed E-state index contributed by atoms with van der Waals surface area (Å²) in [4.78, 5) is 24.0. The number of nitrogens with zero attached hydrogens (tertiary/aromatic N) is 3. The fourth-order valence-electron chi connectivity index (χ4n) is 3.17. The molecule has 0 spiro atoms. The molecule has 3 aromatic rings. The second-order valence-electron chi connectivity index (χ2n) is 7.20. The molecule has 0 saturated heterocycles. The highest BCUT2D eigenvalue weighted by atomic mass is 19.4. The number of nitro groups is 1. The predicted octanol–water partition coefficient (Wildman–Crippen LogP) is 4.39. The third-order valence-corrected chi connectivity index (χ3v) is 4.76. The molecule has 2 aromatic carbocycles. The van der Waals surface area contributed by atoms with Crippen molar-refractivity contribution in [2.45, 2.75) is 13.1 Å². The van der Waals surface area contributed by atoms with E-state index in [9.17, 15) is 28.1 Å². The summed E-state index contributed by atoms with van der Waals surface area (Å²) in [6, 6.07) is 7.99. The lowest BCUT2D eigenvalue weighted by molar-refractivity contribution is -0.385. The normalized spacial score (nSPS) is 11.3. The van der Waals surface area contributed by atoms with Crippen molar-refractivity contribution in [1.29, 1.82) is 0 Å². The van der Waals surface area contributed by atoms with Gasteiger partial charge in [0.25, 0.3) is 11.6 Å². The van der Waals surface area contributed by atoms with Gasteiger partial charge in [0.05, 0.1) is 41.7 Å². The van der Waals surface area contributed by atoms with Crippen molar-refractivity contribution >= 4 is 17.4 Å². The molecule has 0 fully saturated rings. The number of ether oxygens (including phenoxy) is 3. The van der Waals surface area contributed by atoms with Crippen molar-refractivity contribution in [3.05, 3.63) is 69.4 Å². The average Bonchev–Trinajstić information content (AvgIpc) is 3.18. The van der Waals surface area contributed by atoms with E-state index in [-0.39, 0.29) is 41.8 Å². The summed E-state index contributed by atoms with van der Waals surface area (Å²) in [6.45, 7) is 1.89. The lowest BCUT2D eigenvalue weighted by atomic mass is 10.1. The van der Waals surface area contributed by atoms with Crippen LogP contribution in [0.5, 0.6) is 11.5 Å².